The molecule has 1 rings (SSSR count). The highest BCUT2D eigenvalue weighted by Crippen LogP contribution is 2.24. The molecule has 0 saturated carbocycles. The van der Waals surface area contributed by atoms with Gasteiger partial charge < -0.3 is 5.11 Å². The number of phenols is 1. The molecule has 0 aliphatic rings. The number of unbranched alkanes of at least 4 members (excludes halogenated alkanes) is 1. The third kappa shape index (κ3) is 2.48. The monoisotopic (exact) mass is 176 g/mol. The van der Waals surface area contributed by atoms with Gasteiger partial charge in [0.25, 0.3) is 0 Å². The summed E-state index contributed by atoms with van der Waals surface area (Å²) in [5, 5.41) is 9.53. The molecule has 0 unspecified atom stereocenters. The lowest BCUT2D eigenvalue weighted by Gasteiger charge is -2.06. The zero-order valence-electron chi connectivity index (χ0n) is 8.30. The lowest BCUT2D eigenvalue weighted by atomic mass is 10.0. The summed E-state index contributed by atoms with van der Waals surface area (Å²) in [7, 11) is 0. The van der Waals surface area contributed by atoms with Crippen LogP contribution in [0.5, 0.6) is 5.75 Å². The third-order valence-corrected chi connectivity index (χ3v) is 2.10. The first-order valence-electron chi connectivity index (χ1n) is 4.58. The number of benzene rings is 1. The number of aromatic hydroxyl groups is 1. The molecule has 0 bridgehead atoms. The molecular formula is C12H16O. The molecule has 0 atom stereocenters. The predicted molar refractivity (Wildman–Crippen MR) is 55.6 cm³/mol. The Morgan fingerprint density at radius 2 is 1.85 bits per heavy atom. The Labute approximate surface area is 80.4 Å². The molecule has 0 saturated heterocycles. The van der Waals surface area contributed by atoms with Crippen LogP contribution in [-0.4, -0.2) is 5.11 Å². The minimum absolute atomic E-state index is 0.409. The van der Waals surface area contributed by atoms with Crippen LogP contribution >= 0.6 is 0 Å². The van der Waals surface area contributed by atoms with Crippen LogP contribution in [0.4, 0.5) is 0 Å². The fourth-order valence-electron chi connectivity index (χ4n) is 1.38. The van der Waals surface area contributed by atoms with Crippen LogP contribution < -0.4 is 0 Å². The second-order valence-corrected chi connectivity index (χ2v) is 3.35. The summed E-state index contributed by atoms with van der Waals surface area (Å²) in [4.78, 5) is 0. The maximum Gasteiger partial charge on any atom is 0.121 e. The van der Waals surface area contributed by atoms with Gasteiger partial charge in [-0.25, -0.2) is 0 Å². The first-order chi connectivity index (χ1) is 6.15. The van der Waals surface area contributed by atoms with E-state index < -0.39 is 0 Å². The molecule has 1 aromatic carbocycles. The molecule has 70 valence electrons. The van der Waals surface area contributed by atoms with Gasteiger partial charge in [-0.3, -0.25) is 0 Å². The molecule has 0 aliphatic carbocycles. The maximum absolute atomic E-state index is 9.53. The quantitative estimate of drug-likeness (QED) is 0.750. The largest absolute Gasteiger partial charge is 0.507 e. The SMILES string of the molecule is [CH2]CC[CH]c1cc(C)c(O)c(C)c1. The Balaban J connectivity index is 2.86. The highest BCUT2D eigenvalue weighted by Gasteiger charge is 2.02. The van der Waals surface area contributed by atoms with E-state index in [1.807, 2.05) is 26.0 Å². The minimum atomic E-state index is 0.409. The van der Waals surface area contributed by atoms with Crippen LogP contribution in [0.3, 0.4) is 0 Å². The highest BCUT2D eigenvalue weighted by molar-refractivity contribution is 5.44. The molecule has 0 spiro atoms. The normalized spacial score (nSPS) is 10.4. The highest BCUT2D eigenvalue weighted by atomic mass is 16.3. The molecule has 1 heteroatoms. The van der Waals surface area contributed by atoms with Gasteiger partial charge in [0.1, 0.15) is 5.75 Å². The van der Waals surface area contributed by atoms with Crippen LogP contribution in [0.1, 0.15) is 29.5 Å². The molecule has 0 amide bonds. The summed E-state index contributed by atoms with van der Waals surface area (Å²) in [5.74, 6) is 0.409. The average Bonchev–Trinajstić information content (AvgIpc) is 2.10. The molecular weight excluding hydrogens is 160 g/mol. The van der Waals surface area contributed by atoms with Gasteiger partial charge in [0.2, 0.25) is 0 Å². The van der Waals surface area contributed by atoms with Crippen molar-refractivity contribution in [3.63, 3.8) is 0 Å². The van der Waals surface area contributed by atoms with Gasteiger partial charge in [0.15, 0.2) is 0 Å². The Bertz CT molecular complexity index is 266. The standard InChI is InChI=1S/C12H16O/c1-4-5-6-11-7-9(2)12(13)10(3)8-11/h6-8,13H,1,4-5H2,2-3H3. The van der Waals surface area contributed by atoms with Gasteiger partial charge in [-0.15, -0.1) is 0 Å². The average molecular weight is 176 g/mol. The van der Waals surface area contributed by atoms with Crippen molar-refractivity contribution in [2.45, 2.75) is 26.7 Å². The van der Waals surface area contributed by atoms with E-state index in [1.54, 1.807) is 0 Å². The van der Waals surface area contributed by atoms with E-state index in [9.17, 15) is 5.11 Å². The van der Waals surface area contributed by atoms with Crippen LogP contribution in [0.2, 0.25) is 0 Å². The van der Waals surface area contributed by atoms with E-state index in [0.29, 0.717) is 5.75 Å². The number of rotatable bonds is 3. The Hall–Kier alpha value is -0.980. The van der Waals surface area contributed by atoms with Gasteiger partial charge in [0.05, 0.1) is 0 Å². The maximum atomic E-state index is 9.53. The van der Waals surface area contributed by atoms with E-state index in [2.05, 4.69) is 13.3 Å². The molecule has 1 aromatic rings. The van der Waals surface area contributed by atoms with E-state index in [1.165, 1.54) is 5.56 Å². The van der Waals surface area contributed by atoms with Gasteiger partial charge in [-0.2, -0.15) is 0 Å². The molecule has 0 fully saturated rings. The second kappa shape index (κ2) is 4.31. The van der Waals surface area contributed by atoms with Gasteiger partial charge in [-0.1, -0.05) is 25.5 Å². The molecule has 0 aliphatic heterocycles. The second-order valence-electron chi connectivity index (χ2n) is 3.35. The van der Waals surface area contributed by atoms with Crippen molar-refractivity contribution in [3.8, 4) is 5.75 Å². The summed E-state index contributed by atoms with van der Waals surface area (Å²) < 4.78 is 0. The lowest BCUT2D eigenvalue weighted by Crippen LogP contribution is -1.87. The zero-order chi connectivity index (χ0) is 9.84. The fourth-order valence-corrected chi connectivity index (χ4v) is 1.38. The van der Waals surface area contributed by atoms with Gasteiger partial charge in [0, 0.05) is 0 Å². The summed E-state index contributed by atoms with van der Waals surface area (Å²) in [6.45, 7) is 7.62. The van der Waals surface area contributed by atoms with Crippen LogP contribution in [-0.2, 0) is 0 Å². The smallest absolute Gasteiger partial charge is 0.121 e. The number of hydrogen-bond acceptors (Lipinski definition) is 1. The molecule has 1 nitrogen and oxygen atoms in total. The first-order valence-corrected chi connectivity index (χ1v) is 4.58. The van der Waals surface area contributed by atoms with Crippen LogP contribution in [0.25, 0.3) is 0 Å². The van der Waals surface area contributed by atoms with E-state index in [0.717, 1.165) is 24.0 Å². The third-order valence-electron chi connectivity index (χ3n) is 2.10. The van der Waals surface area contributed by atoms with Crippen molar-refractivity contribution in [2.24, 2.45) is 0 Å². The number of phenolic OH excluding ortho intramolecular Hbond substituents is 1. The fraction of sp³-hybridized carbons (Fsp3) is 0.333. The Morgan fingerprint density at radius 1 is 1.31 bits per heavy atom. The summed E-state index contributed by atoms with van der Waals surface area (Å²) in [5.41, 5.74) is 3.06. The topological polar surface area (TPSA) is 20.2 Å². The van der Waals surface area contributed by atoms with E-state index in [4.69, 9.17) is 0 Å². The van der Waals surface area contributed by atoms with Crippen LogP contribution in [0, 0.1) is 27.2 Å². The Kier molecular flexibility index (Phi) is 3.35. The van der Waals surface area contributed by atoms with Gasteiger partial charge >= 0.3 is 0 Å². The van der Waals surface area contributed by atoms with Crippen molar-refractivity contribution < 1.29 is 5.11 Å². The summed E-state index contributed by atoms with van der Waals surface area (Å²) >= 11 is 0. The first kappa shape index (κ1) is 10.1. The molecule has 0 aromatic heterocycles. The summed E-state index contributed by atoms with van der Waals surface area (Å²) in [6.07, 6.45) is 4.05. The predicted octanol–water partition coefficient (Wildman–Crippen LogP) is 3.18. The van der Waals surface area contributed by atoms with E-state index >= 15 is 0 Å². The van der Waals surface area contributed by atoms with Crippen molar-refractivity contribution in [1.29, 1.82) is 0 Å². The van der Waals surface area contributed by atoms with Crippen molar-refractivity contribution >= 4 is 0 Å². The lowest BCUT2D eigenvalue weighted by molar-refractivity contribution is 0.466. The molecule has 2 radical (unpaired) electrons. The molecule has 1 N–H and O–H groups in total. The molecule has 0 heterocycles. The minimum Gasteiger partial charge on any atom is -0.507 e. The Morgan fingerprint density at radius 3 is 2.31 bits per heavy atom. The van der Waals surface area contributed by atoms with E-state index in [-0.39, 0.29) is 0 Å². The van der Waals surface area contributed by atoms with Crippen molar-refractivity contribution in [3.05, 3.63) is 42.2 Å². The summed E-state index contributed by atoms with van der Waals surface area (Å²) in [6, 6.07) is 4.00. The van der Waals surface area contributed by atoms with Crippen molar-refractivity contribution in [2.75, 3.05) is 0 Å². The number of aryl methyl sites for hydroxylation is 2. The molecule has 13 heavy (non-hydrogen) atoms. The van der Waals surface area contributed by atoms with Gasteiger partial charge in [-0.05, 0) is 43.4 Å². The zero-order valence-corrected chi connectivity index (χ0v) is 8.30. The van der Waals surface area contributed by atoms with Crippen molar-refractivity contribution in [1.82, 2.24) is 0 Å². The van der Waals surface area contributed by atoms with Crippen LogP contribution in [0.15, 0.2) is 12.1 Å². The number of hydrogen-bond donors (Lipinski definition) is 1.